The maximum Gasteiger partial charge on any atom is 0.317 e. The van der Waals surface area contributed by atoms with Crippen molar-refractivity contribution in [2.45, 2.75) is 12.6 Å². The number of carboxylic acids is 1. The Hall–Kier alpha value is -2.53. The van der Waals surface area contributed by atoms with Gasteiger partial charge in [-0.25, -0.2) is 0 Å². The van der Waals surface area contributed by atoms with Crippen molar-refractivity contribution in [2.24, 2.45) is 0 Å². The summed E-state index contributed by atoms with van der Waals surface area (Å²) in [6.07, 6.45) is -0.283. The van der Waals surface area contributed by atoms with Gasteiger partial charge in [0.05, 0.1) is 13.7 Å². The van der Waals surface area contributed by atoms with Gasteiger partial charge in [-0.1, -0.05) is 36.4 Å². The predicted molar refractivity (Wildman–Crippen MR) is 85.7 cm³/mol. The minimum atomic E-state index is -0.844. The van der Waals surface area contributed by atoms with Crippen molar-refractivity contribution in [1.82, 2.24) is 4.90 Å². The molecule has 5 heteroatoms. The molecule has 0 spiro atoms. The lowest BCUT2D eigenvalue weighted by atomic mass is 10.1. The molecule has 1 aliphatic heterocycles. The summed E-state index contributed by atoms with van der Waals surface area (Å²) in [6, 6.07) is 15.4. The first-order valence-corrected chi connectivity index (χ1v) is 7.49. The summed E-state index contributed by atoms with van der Waals surface area (Å²) in [5, 5.41) is 9.16. The Morgan fingerprint density at radius 1 is 1.26 bits per heavy atom. The summed E-state index contributed by atoms with van der Waals surface area (Å²) in [6.45, 7) is 1.01. The van der Waals surface area contributed by atoms with Crippen LogP contribution < -0.4 is 9.47 Å². The van der Waals surface area contributed by atoms with Gasteiger partial charge in [-0.3, -0.25) is 9.69 Å². The molecule has 0 saturated carbocycles. The van der Waals surface area contributed by atoms with E-state index in [9.17, 15) is 4.79 Å². The van der Waals surface area contributed by atoms with Crippen molar-refractivity contribution >= 4 is 5.97 Å². The van der Waals surface area contributed by atoms with Crippen LogP contribution in [-0.2, 0) is 11.3 Å². The van der Waals surface area contributed by atoms with Gasteiger partial charge >= 0.3 is 5.97 Å². The second kappa shape index (κ2) is 6.71. The summed E-state index contributed by atoms with van der Waals surface area (Å²) in [4.78, 5) is 13.0. The summed E-state index contributed by atoms with van der Waals surface area (Å²) >= 11 is 0. The van der Waals surface area contributed by atoms with Crippen LogP contribution in [0.1, 0.15) is 17.2 Å². The second-order valence-electron chi connectivity index (χ2n) is 5.52. The van der Waals surface area contributed by atoms with Crippen LogP contribution in [0.3, 0.4) is 0 Å². The van der Waals surface area contributed by atoms with Gasteiger partial charge < -0.3 is 14.6 Å². The van der Waals surface area contributed by atoms with E-state index >= 15 is 0 Å². The number of fused-ring (bicyclic) bond motifs is 1. The highest BCUT2D eigenvalue weighted by Gasteiger charge is 2.27. The van der Waals surface area contributed by atoms with E-state index in [2.05, 4.69) is 0 Å². The lowest BCUT2D eigenvalue weighted by Crippen LogP contribution is -2.32. The number of ether oxygens (including phenoxy) is 2. The summed E-state index contributed by atoms with van der Waals surface area (Å²) in [5.74, 6) is 0.687. The molecule has 2 aromatic carbocycles. The maximum atomic E-state index is 11.2. The molecule has 5 nitrogen and oxygen atoms in total. The highest BCUT2D eigenvalue weighted by molar-refractivity contribution is 5.69. The van der Waals surface area contributed by atoms with Crippen molar-refractivity contribution in [2.75, 3.05) is 20.2 Å². The van der Waals surface area contributed by atoms with Crippen molar-refractivity contribution in [3.63, 3.8) is 0 Å². The molecule has 23 heavy (non-hydrogen) atoms. The number of para-hydroxylation sites is 2. The molecule has 120 valence electrons. The number of methoxy groups -OCH3 is 1. The molecular weight excluding hydrogens is 294 g/mol. The quantitative estimate of drug-likeness (QED) is 0.940. The minimum absolute atomic E-state index is 0.0245. The predicted octanol–water partition coefficient (Wildman–Crippen LogP) is 2.72. The average Bonchev–Trinajstić information content (AvgIpc) is 2.73. The Morgan fingerprint density at radius 2 is 2.00 bits per heavy atom. The largest absolute Gasteiger partial charge is 0.496 e. The van der Waals surface area contributed by atoms with Crippen LogP contribution in [0.25, 0.3) is 0 Å². The molecule has 0 radical (unpaired) electrons. The summed E-state index contributed by atoms with van der Waals surface area (Å²) in [7, 11) is 1.62. The molecule has 0 aliphatic carbocycles. The Bertz CT molecular complexity index is 701. The second-order valence-corrected chi connectivity index (χ2v) is 5.52. The highest BCUT2D eigenvalue weighted by Crippen LogP contribution is 2.34. The van der Waals surface area contributed by atoms with E-state index in [1.807, 2.05) is 53.4 Å². The fourth-order valence-corrected chi connectivity index (χ4v) is 2.89. The zero-order valence-electron chi connectivity index (χ0n) is 12.9. The number of carboxylic acid groups (broad SMARTS) is 1. The van der Waals surface area contributed by atoms with E-state index in [0.717, 1.165) is 22.6 Å². The molecule has 0 amide bonds. The van der Waals surface area contributed by atoms with Crippen LogP contribution in [0.5, 0.6) is 11.5 Å². The van der Waals surface area contributed by atoms with Crippen molar-refractivity contribution in [1.29, 1.82) is 0 Å². The average molecular weight is 313 g/mol. The minimum Gasteiger partial charge on any atom is -0.496 e. The number of hydrogen-bond donors (Lipinski definition) is 1. The van der Waals surface area contributed by atoms with Gasteiger partial charge in [-0.2, -0.15) is 0 Å². The lowest BCUT2D eigenvalue weighted by molar-refractivity contribution is -0.138. The number of rotatable bonds is 4. The first kappa shape index (κ1) is 15.4. The molecule has 3 rings (SSSR count). The van der Waals surface area contributed by atoms with Crippen LogP contribution >= 0.6 is 0 Å². The van der Waals surface area contributed by atoms with Gasteiger partial charge in [0, 0.05) is 24.2 Å². The zero-order valence-corrected chi connectivity index (χ0v) is 12.9. The standard InChI is InChI=1S/C18H19NO4/c1-22-16-9-5-3-7-14(16)17-11-19(12-18(20)21)10-13-6-2-4-8-15(13)23-17/h2-9,17H,10-12H2,1H3,(H,20,21). The number of benzene rings is 2. The van der Waals surface area contributed by atoms with Gasteiger partial charge in [0.1, 0.15) is 17.6 Å². The monoisotopic (exact) mass is 313 g/mol. The first-order valence-electron chi connectivity index (χ1n) is 7.49. The van der Waals surface area contributed by atoms with E-state index in [1.165, 1.54) is 0 Å². The molecular formula is C18H19NO4. The smallest absolute Gasteiger partial charge is 0.317 e. The van der Waals surface area contributed by atoms with E-state index in [0.29, 0.717) is 13.1 Å². The molecule has 1 aliphatic rings. The van der Waals surface area contributed by atoms with E-state index in [1.54, 1.807) is 7.11 Å². The molecule has 0 fully saturated rings. The Morgan fingerprint density at radius 3 is 2.78 bits per heavy atom. The highest BCUT2D eigenvalue weighted by atomic mass is 16.5. The Labute approximate surface area is 135 Å². The van der Waals surface area contributed by atoms with E-state index < -0.39 is 5.97 Å². The van der Waals surface area contributed by atoms with Crippen LogP contribution in [0.4, 0.5) is 0 Å². The van der Waals surface area contributed by atoms with E-state index in [4.69, 9.17) is 14.6 Å². The van der Waals surface area contributed by atoms with Gasteiger partial charge in [-0.15, -0.1) is 0 Å². The zero-order chi connectivity index (χ0) is 16.2. The lowest BCUT2D eigenvalue weighted by Gasteiger charge is -2.24. The normalized spacial score (nSPS) is 17.7. The number of nitrogens with zero attached hydrogens (tertiary/aromatic N) is 1. The van der Waals surface area contributed by atoms with Crippen LogP contribution in [0, 0.1) is 0 Å². The van der Waals surface area contributed by atoms with Crippen LogP contribution in [0.2, 0.25) is 0 Å². The third-order valence-corrected chi connectivity index (χ3v) is 3.90. The number of aliphatic carboxylic acids is 1. The van der Waals surface area contributed by atoms with Gasteiger partial charge in [0.2, 0.25) is 0 Å². The third kappa shape index (κ3) is 3.46. The summed E-state index contributed by atoms with van der Waals surface area (Å²) < 4.78 is 11.6. The Balaban J connectivity index is 1.97. The van der Waals surface area contributed by atoms with Crippen molar-refractivity contribution in [3.8, 4) is 11.5 Å². The first-order chi connectivity index (χ1) is 11.2. The molecule has 2 aromatic rings. The van der Waals surface area contributed by atoms with Crippen molar-refractivity contribution in [3.05, 3.63) is 59.7 Å². The van der Waals surface area contributed by atoms with Crippen molar-refractivity contribution < 1.29 is 19.4 Å². The third-order valence-electron chi connectivity index (χ3n) is 3.90. The maximum absolute atomic E-state index is 11.2. The molecule has 0 aromatic heterocycles. The fourth-order valence-electron chi connectivity index (χ4n) is 2.89. The molecule has 1 heterocycles. The van der Waals surface area contributed by atoms with Gasteiger partial charge in [0.15, 0.2) is 0 Å². The molecule has 1 atom stereocenters. The molecule has 1 N–H and O–H groups in total. The van der Waals surface area contributed by atoms with Crippen LogP contribution in [-0.4, -0.2) is 36.2 Å². The molecule has 0 saturated heterocycles. The van der Waals surface area contributed by atoms with Gasteiger partial charge in [0.25, 0.3) is 0 Å². The Kier molecular flexibility index (Phi) is 4.48. The summed E-state index contributed by atoms with van der Waals surface area (Å²) in [5.41, 5.74) is 1.91. The van der Waals surface area contributed by atoms with E-state index in [-0.39, 0.29) is 12.6 Å². The molecule has 1 unspecified atom stereocenters. The molecule has 0 bridgehead atoms. The SMILES string of the molecule is COc1ccccc1C1CN(CC(=O)O)Cc2ccccc2O1. The van der Waals surface area contributed by atoms with Crippen LogP contribution in [0.15, 0.2) is 48.5 Å². The topological polar surface area (TPSA) is 59.0 Å². The fraction of sp³-hybridized carbons (Fsp3) is 0.278. The number of hydrogen-bond acceptors (Lipinski definition) is 4. The van der Waals surface area contributed by atoms with Gasteiger partial charge in [-0.05, 0) is 12.1 Å². The number of carbonyl (C=O) groups is 1.